The first-order chi connectivity index (χ1) is 18.6. The predicted molar refractivity (Wildman–Crippen MR) is 142 cm³/mol. The van der Waals surface area contributed by atoms with E-state index in [1.807, 2.05) is 30.3 Å². The van der Waals surface area contributed by atoms with Gasteiger partial charge in [0, 0.05) is 19.4 Å². The molecular weight excluding hydrogens is 524 g/mol. The van der Waals surface area contributed by atoms with Gasteiger partial charge >= 0.3 is 6.09 Å². The van der Waals surface area contributed by atoms with Crippen molar-refractivity contribution in [2.24, 2.45) is 11.8 Å². The lowest BCUT2D eigenvalue weighted by molar-refractivity contribution is -0.140. The van der Waals surface area contributed by atoms with Gasteiger partial charge in [0.25, 0.3) is 5.91 Å². The Bertz CT molecular complexity index is 1180. The van der Waals surface area contributed by atoms with Crippen molar-refractivity contribution in [3.8, 4) is 0 Å². The number of hydrogen-bond acceptors (Lipinski definition) is 9. The fraction of sp³-hybridized carbons (Fsp3) is 0.500. The monoisotopic (exact) mass is 558 g/mol. The molecule has 1 aliphatic heterocycles. The minimum Gasteiger partial charge on any atom is -0.445 e. The molecule has 13 heteroatoms. The number of ketones is 1. The molecule has 12 nitrogen and oxygen atoms in total. The van der Waals surface area contributed by atoms with Crippen molar-refractivity contribution in [1.82, 2.24) is 30.9 Å². The highest BCUT2D eigenvalue weighted by molar-refractivity contribution is 7.05. The molecule has 0 saturated carbocycles. The van der Waals surface area contributed by atoms with Crippen molar-refractivity contribution in [1.29, 1.82) is 0 Å². The standard InChI is InChI=1S/C26H34N6O6S/c1-14(2)20(23(34)28-18-12-17-19(39-32-31-17)10-11-27-25(36)22(18)33)29-24(35)21(15(3)4)30-26(37)38-13-16-8-6-5-7-9-16/h5-9,14-15,18,20-21H,10-13H2,1-4H3,(H,27,36)(H,28,34)(H,29,35)(H,30,37). The number of ether oxygens (including phenoxy) is 1. The van der Waals surface area contributed by atoms with E-state index in [0.717, 1.165) is 10.4 Å². The van der Waals surface area contributed by atoms with Crippen molar-refractivity contribution in [2.75, 3.05) is 6.54 Å². The maximum atomic E-state index is 13.3. The van der Waals surface area contributed by atoms with E-state index in [1.165, 1.54) is 11.5 Å². The number of nitrogens with zero attached hydrogens (tertiary/aromatic N) is 2. The second-order valence-electron chi connectivity index (χ2n) is 9.94. The molecule has 4 amide bonds. The van der Waals surface area contributed by atoms with Crippen molar-refractivity contribution in [2.45, 2.75) is 65.3 Å². The van der Waals surface area contributed by atoms with Crippen LogP contribution in [0.2, 0.25) is 0 Å². The Morgan fingerprint density at radius 3 is 2.36 bits per heavy atom. The molecule has 3 rings (SSSR count). The van der Waals surface area contributed by atoms with Gasteiger partial charge in [0.1, 0.15) is 24.7 Å². The number of carbonyl (C=O) groups is 5. The highest BCUT2D eigenvalue weighted by Gasteiger charge is 2.35. The molecule has 0 bridgehead atoms. The number of alkyl carbamates (subject to hydrolysis) is 1. The molecule has 0 spiro atoms. The molecule has 2 aromatic rings. The van der Waals surface area contributed by atoms with Crippen molar-refractivity contribution < 1.29 is 28.7 Å². The Labute approximate surface area is 230 Å². The van der Waals surface area contributed by atoms with Gasteiger partial charge in [-0.2, -0.15) is 0 Å². The summed E-state index contributed by atoms with van der Waals surface area (Å²) >= 11 is 1.17. The topological polar surface area (TPSA) is 168 Å². The maximum absolute atomic E-state index is 13.3. The molecule has 0 radical (unpaired) electrons. The van der Waals surface area contributed by atoms with Crippen molar-refractivity contribution >= 4 is 41.1 Å². The van der Waals surface area contributed by atoms with Crippen LogP contribution in [-0.2, 0) is 43.4 Å². The van der Waals surface area contributed by atoms with Crippen LogP contribution in [0.1, 0.15) is 43.8 Å². The summed E-state index contributed by atoms with van der Waals surface area (Å²) in [5.74, 6) is -3.51. The number of hydrogen-bond donors (Lipinski definition) is 4. The van der Waals surface area contributed by atoms with Crippen LogP contribution in [0.4, 0.5) is 4.79 Å². The number of aromatic nitrogens is 2. The van der Waals surface area contributed by atoms with Crippen LogP contribution in [0.3, 0.4) is 0 Å². The number of nitrogens with one attached hydrogen (secondary N) is 4. The zero-order chi connectivity index (χ0) is 28.5. The van der Waals surface area contributed by atoms with Crippen LogP contribution in [0, 0.1) is 11.8 Å². The van der Waals surface area contributed by atoms with Gasteiger partial charge in [-0.3, -0.25) is 19.2 Å². The Balaban J connectivity index is 1.67. The summed E-state index contributed by atoms with van der Waals surface area (Å²) in [6, 6.07) is 5.91. The Morgan fingerprint density at radius 1 is 1.03 bits per heavy atom. The molecule has 0 saturated heterocycles. The van der Waals surface area contributed by atoms with E-state index in [2.05, 4.69) is 30.9 Å². The third-order valence-corrected chi connectivity index (χ3v) is 7.03. The summed E-state index contributed by atoms with van der Waals surface area (Å²) in [4.78, 5) is 64.8. The number of fused-ring (bicyclic) bond motifs is 1. The Morgan fingerprint density at radius 2 is 1.69 bits per heavy atom. The largest absolute Gasteiger partial charge is 0.445 e. The van der Waals surface area contributed by atoms with Gasteiger partial charge in [-0.05, 0) is 28.9 Å². The van der Waals surface area contributed by atoms with Gasteiger partial charge in [0.05, 0.1) is 10.6 Å². The quantitative estimate of drug-likeness (QED) is 0.329. The summed E-state index contributed by atoms with van der Waals surface area (Å²) < 4.78 is 9.16. The number of benzene rings is 1. The van der Waals surface area contributed by atoms with Crippen LogP contribution in [0.25, 0.3) is 0 Å². The molecule has 0 aliphatic carbocycles. The van der Waals surface area contributed by atoms with Gasteiger partial charge in [0.2, 0.25) is 17.6 Å². The number of Topliss-reactive ketones (excluding diaryl/α,β-unsaturated/α-hetero) is 1. The van der Waals surface area contributed by atoms with E-state index in [0.29, 0.717) is 12.1 Å². The third kappa shape index (κ3) is 8.31. The molecule has 3 unspecified atom stereocenters. The van der Waals surface area contributed by atoms with Gasteiger partial charge in [0.15, 0.2) is 0 Å². The maximum Gasteiger partial charge on any atom is 0.408 e. The number of rotatable bonds is 9. The molecule has 1 aromatic carbocycles. The van der Waals surface area contributed by atoms with Gasteiger partial charge in [-0.15, -0.1) is 5.10 Å². The Hall–Kier alpha value is -3.87. The van der Waals surface area contributed by atoms with Gasteiger partial charge in [-0.1, -0.05) is 62.5 Å². The van der Waals surface area contributed by atoms with Crippen LogP contribution in [0.15, 0.2) is 30.3 Å². The third-order valence-electron chi connectivity index (χ3n) is 6.21. The Kier molecular flexibility index (Phi) is 10.5. The molecule has 2 heterocycles. The average molecular weight is 559 g/mol. The average Bonchev–Trinajstić information content (AvgIpc) is 3.35. The van der Waals surface area contributed by atoms with E-state index >= 15 is 0 Å². The number of amides is 4. The van der Waals surface area contributed by atoms with Crippen molar-refractivity contribution in [3.63, 3.8) is 0 Å². The van der Waals surface area contributed by atoms with E-state index in [9.17, 15) is 24.0 Å². The minimum atomic E-state index is -1.18. The van der Waals surface area contributed by atoms with Crippen LogP contribution in [-0.4, -0.2) is 63.9 Å². The molecule has 4 N–H and O–H groups in total. The molecule has 0 fully saturated rings. The molecule has 3 atom stereocenters. The molecule has 39 heavy (non-hydrogen) atoms. The second kappa shape index (κ2) is 13.8. The van der Waals surface area contributed by atoms with Gasteiger partial charge in [-0.25, -0.2) is 4.79 Å². The highest BCUT2D eigenvalue weighted by atomic mass is 32.1. The lowest BCUT2D eigenvalue weighted by Crippen LogP contribution is -2.59. The fourth-order valence-electron chi connectivity index (χ4n) is 3.98. The molecular formula is C26H34N6O6S. The summed E-state index contributed by atoms with van der Waals surface area (Å²) in [7, 11) is 0. The predicted octanol–water partition coefficient (Wildman–Crippen LogP) is 0.899. The first-order valence-corrected chi connectivity index (χ1v) is 13.5. The second-order valence-corrected chi connectivity index (χ2v) is 10.8. The van der Waals surface area contributed by atoms with E-state index in [4.69, 9.17) is 4.74 Å². The summed E-state index contributed by atoms with van der Waals surface area (Å²) in [6.07, 6.45) is -0.283. The zero-order valence-electron chi connectivity index (χ0n) is 22.4. The van der Waals surface area contributed by atoms with E-state index in [-0.39, 0.29) is 31.4 Å². The lowest BCUT2D eigenvalue weighted by atomic mass is 9.98. The smallest absolute Gasteiger partial charge is 0.408 e. The first kappa shape index (κ1) is 29.7. The van der Waals surface area contributed by atoms with Crippen LogP contribution < -0.4 is 21.3 Å². The zero-order valence-corrected chi connectivity index (χ0v) is 23.2. The summed E-state index contributed by atoms with van der Waals surface area (Å²) in [5.41, 5.74) is 1.34. The van der Waals surface area contributed by atoms with Gasteiger partial charge < -0.3 is 26.0 Å². The lowest BCUT2D eigenvalue weighted by Gasteiger charge is -2.28. The minimum absolute atomic E-state index is 0.00597. The normalized spacial score (nSPS) is 17.1. The van der Waals surface area contributed by atoms with Crippen molar-refractivity contribution in [3.05, 3.63) is 46.5 Å². The SMILES string of the molecule is CC(C)C(NC(=O)OCc1ccccc1)C(=O)NC(C(=O)NC1Cc2nnsc2CCNC(=O)C1=O)C(C)C. The van der Waals surface area contributed by atoms with E-state index in [1.54, 1.807) is 27.7 Å². The molecule has 1 aliphatic rings. The fourth-order valence-corrected chi connectivity index (χ4v) is 4.64. The highest BCUT2D eigenvalue weighted by Crippen LogP contribution is 2.16. The van der Waals surface area contributed by atoms with Crippen LogP contribution >= 0.6 is 11.5 Å². The number of carbonyl (C=O) groups excluding carboxylic acids is 5. The molecule has 1 aromatic heterocycles. The van der Waals surface area contributed by atoms with E-state index < -0.39 is 47.7 Å². The van der Waals surface area contributed by atoms with Crippen LogP contribution in [0.5, 0.6) is 0 Å². The summed E-state index contributed by atoms with van der Waals surface area (Å²) in [5, 5.41) is 14.5. The first-order valence-electron chi connectivity index (χ1n) is 12.8. The summed E-state index contributed by atoms with van der Waals surface area (Å²) in [6.45, 7) is 7.26. The molecule has 210 valence electrons.